The number of benzene rings is 2. The van der Waals surface area contributed by atoms with E-state index in [1.54, 1.807) is 24.3 Å². The Bertz CT molecular complexity index is 953. The molecule has 30 heavy (non-hydrogen) atoms. The van der Waals surface area contributed by atoms with Gasteiger partial charge in [-0.15, -0.1) is 0 Å². The number of sulfonamides is 1. The first-order valence-corrected chi connectivity index (χ1v) is 12.3. The van der Waals surface area contributed by atoms with E-state index >= 15 is 0 Å². The molecule has 7 heteroatoms. The van der Waals surface area contributed by atoms with Crippen LogP contribution in [-0.2, 0) is 14.8 Å². The Labute approximate surface area is 184 Å². The molecule has 0 radical (unpaired) electrons. The fraction of sp³-hybridized carbons (Fsp3) is 0.435. The summed E-state index contributed by atoms with van der Waals surface area (Å²) in [6.45, 7) is 1.58. The molecule has 5 nitrogen and oxygen atoms in total. The van der Waals surface area contributed by atoms with Crippen LogP contribution in [-0.4, -0.2) is 26.9 Å². The molecule has 1 fully saturated rings. The van der Waals surface area contributed by atoms with Gasteiger partial charge in [-0.05, 0) is 55.7 Å². The highest BCUT2D eigenvalue weighted by Crippen LogP contribution is 2.27. The molecule has 0 unspecified atom stereocenters. The second-order valence-corrected chi connectivity index (χ2v) is 10.2. The standard InChI is InChI=1S/C23H29ClN2O3S/c1-18-9-7-8-12-22(18)26(30(28,29)21-15-13-19(24)14-16-21)17-23(27)25-20-10-5-3-2-4-6-11-20/h7-9,12-16,20H,2-6,10-11,17H2,1H3,(H,25,27). The van der Waals surface area contributed by atoms with Gasteiger partial charge in [0.15, 0.2) is 0 Å². The molecule has 0 heterocycles. The number of rotatable bonds is 6. The van der Waals surface area contributed by atoms with Crippen LogP contribution < -0.4 is 9.62 Å². The maximum atomic E-state index is 13.4. The second-order valence-electron chi connectivity index (χ2n) is 7.86. The zero-order chi connectivity index (χ0) is 21.6. The van der Waals surface area contributed by atoms with Crippen molar-refractivity contribution in [2.45, 2.75) is 62.8 Å². The van der Waals surface area contributed by atoms with Crippen LogP contribution in [0.4, 0.5) is 5.69 Å². The van der Waals surface area contributed by atoms with E-state index in [1.165, 1.54) is 35.7 Å². The largest absolute Gasteiger partial charge is 0.352 e. The average Bonchev–Trinajstić information content (AvgIpc) is 2.69. The van der Waals surface area contributed by atoms with E-state index in [-0.39, 0.29) is 23.4 Å². The molecule has 1 saturated carbocycles. The van der Waals surface area contributed by atoms with Crippen LogP contribution in [0, 0.1) is 6.92 Å². The Morgan fingerprint density at radius 2 is 1.60 bits per heavy atom. The van der Waals surface area contributed by atoms with Crippen LogP contribution in [0.3, 0.4) is 0 Å². The lowest BCUT2D eigenvalue weighted by atomic mass is 9.97. The third kappa shape index (κ3) is 5.76. The molecule has 2 aromatic rings. The van der Waals surface area contributed by atoms with Gasteiger partial charge in [0, 0.05) is 11.1 Å². The van der Waals surface area contributed by atoms with Crippen molar-refractivity contribution >= 4 is 33.2 Å². The maximum Gasteiger partial charge on any atom is 0.264 e. The van der Waals surface area contributed by atoms with Gasteiger partial charge in [-0.2, -0.15) is 0 Å². The van der Waals surface area contributed by atoms with E-state index in [1.807, 2.05) is 19.1 Å². The van der Waals surface area contributed by atoms with E-state index in [4.69, 9.17) is 11.6 Å². The average molecular weight is 449 g/mol. The van der Waals surface area contributed by atoms with Crippen molar-refractivity contribution in [1.29, 1.82) is 0 Å². The molecule has 0 atom stereocenters. The van der Waals surface area contributed by atoms with E-state index in [0.29, 0.717) is 10.7 Å². The minimum absolute atomic E-state index is 0.105. The van der Waals surface area contributed by atoms with Gasteiger partial charge in [0.05, 0.1) is 10.6 Å². The molecule has 3 rings (SSSR count). The van der Waals surface area contributed by atoms with Gasteiger partial charge in [-0.25, -0.2) is 8.42 Å². The number of nitrogens with zero attached hydrogens (tertiary/aromatic N) is 1. The van der Waals surface area contributed by atoms with Crippen LogP contribution in [0.15, 0.2) is 53.4 Å². The Morgan fingerprint density at radius 3 is 2.23 bits per heavy atom. The number of hydrogen-bond acceptors (Lipinski definition) is 3. The van der Waals surface area contributed by atoms with Crippen molar-refractivity contribution in [3.8, 4) is 0 Å². The first-order chi connectivity index (χ1) is 14.4. The fourth-order valence-electron chi connectivity index (χ4n) is 3.88. The Balaban J connectivity index is 1.85. The lowest BCUT2D eigenvalue weighted by Gasteiger charge is -2.27. The zero-order valence-corrected chi connectivity index (χ0v) is 18.9. The zero-order valence-electron chi connectivity index (χ0n) is 17.3. The number of nitrogens with one attached hydrogen (secondary N) is 1. The van der Waals surface area contributed by atoms with Gasteiger partial charge in [0.1, 0.15) is 6.54 Å². The summed E-state index contributed by atoms with van der Waals surface area (Å²) >= 11 is 5.93. The molecule has 0 aromatic heterocycles. The Hall–Kier alpha value is -2.05. The number of carbonyl (C=O) groups excluding carboxylic acids is 1. The molecule has 1 N–H and O–H groups in total. The van der Waals surface area contributed by atoms with Crippen LogP contribution in [0.1, 0.15) is 50.5 Å². The number of carbonyl (C=O) groups is 1. The van der Waals surface area contributed by atoms with Crippen molar-refractivity contribution in [3.05, 3.63) is 59.1 Å². The highest BCUT2D eigenvalue weighted by molar-refractivity contribution is 7.92. The number of amides is 1. The summed E-state index contributed by atoms with van der Waals surface area (Å²) in [6, 6.07) is 13.3. The molecule has 0 saturated heterocycles. The number of hydrogen-bond donors (Lipinski definition) is 1. The molecule has 1 aliphatic rings. The number of aryl methyl sites for hydroxylation is 1. The third-order valence-corrected chi connectivity index (χ3v) is 7.57. The molecule has 2 aromatic carbocycles. The van der Waals surface area contributed by atoms with Crippen LogP contribution in [0.5, 0.6) is 0 Å². The molecule has 1 aliphatic carbocycles. The summed E-state index contributed by atoms with van der Waals surface area (Å²) in [4.78, 5) is 13.0. The number of para-hydroxylation sites is 1. The van der Waals surface area contributed by atoms with Crippen LogP contribution in [0.2, 0.25) is 5.02 Å². The lowest BCUT2D eigenvalue weighted by molar-refractivity contribution is -0.120. The van der Waals surface area contributed by atoms with Crippen molar-refractivity contribution in [2.75, 3.05) is 10.8 Å². The van der Waals surface area contributed by atoms with Crippen LogP contribution >= 0.6 is 11.6 Å². The van der Waals surface area contributed by atoms with Gasteiger partial charge in [0.2, 0.25) is 5.91 Å². The lowest BCUT2D eigenvalue weighted by Crippen LogP contribution is -2.44. The summed E-state index contributed by atoms with van der Waals surface area (Å²) in [5.74, 6) is -0.277. The van der Waals surface area contributed by atoms with Gasteiger partial charge in [-0.1, -0.05) is 61.9 Å². The predicted molar refractivity (Wildman–Crippen MR) is 121 cm³/mol. The third-order valence-electron chi connectivity index (χ3n) is 5.54. The SMILES string of the molecule is Cc1ccccc1N(CC(=O)NC1CCCCCCC1)S(=O)(=O)c1ccc(Cl)cc1. The number of halogens is 1. The molecule has 162 valence electrons. The first kappa shape index (κ1) is 22.6. The summed E-state index contributed by atoms with van der Waals surface area (Å²) < 4.78 is 28.1. The highest BCUT2D eigenvalue weighted by Gasteiger charge is 2.29. The van der Waals surface area contributed by atoms with Crippen molar-refractivity contribution in [1.82, 2.24) is 5.32 Å². The van der Waals surface area contributed by atoms with Crippen molar-refractivity contribution in [2.24, 2.45) is 0 Å². The molecule has 0 bridgehead atoms. The van der Waals surface area contributed by atoms with E-state index in [9.17, 15) is 13.2 Å². The van der Waals surface area contributed by atoms with E-state index in [0.717, 1.165) is 31.2 Å². The van der Waals surface area contributed by atoms with E-state index < -0.39 is 10.0 Å². The molecule has 1 amide bonds. The normalized spacial score (nSPS) is 15.8. The highest BCUT2D eigenvalue weighted by atomic mass is 35.5. The molecule has 0 spiro atoms. The van der Waals surface area contributed by atoms with Crippen molar-refractivity contribution < 1.29 is 13.2 Å². The minimum atomic E-state index is -3.93. The quantitative estimate of drug-likeness (QED) is 0.670. The summed E-state index contributed by atoms with van der Waals surface area (Å²) in [5.41, 5.74) is 1.29. The smallest absolute Gasteiger partial charge is 0.264 e. The van der Waals surface area contributed by atoms with Gasteiger partial charge >= 0.3 is 0 Å². The van der Waals surface area contributed by atoms with E-state index in [2.05, 4.69) is 5.32 Å². The minimum Gasteiger partial charge on any atom is -0.352 e. The first-order valence-electron chi connectivity index (χ1n) is 10.5. The number of anilines is 1. The molecular weight excluding hydrogens is 420 g/mol. The molecule has 0 aliphatic heterocycles. The van der Waals surface area contributed by atoms with Crippen molar-refractivity contribution in [3.63, 3.8) is 0 Å². The van der Waals surface area contributed by atoms with Gasteiger partial charge in [-0.3, -0.25) is 9.10 Å². The maximum absolute atomic E-state index is 13.4. The Kier molecular flexibility index (Phi) is 7.78. The summed E-state index contributed by atoms with van der Waals surface area (Å²) in [6.07, 6.45) is 7.70. The topological polar surface area (TPSA) is 66.5 Å². The predicted octanol–water partition coefficient (Wildman–Crippen LogP) is 5.07. The van der Waals surface area contributed by atoms with Gasteiger partial charge in [0.25, 0.3) is 10.0 Å². The Morgan fingerprint density at radius 1 is 1.00 bits per heavy atom. The molecular formula is C23H29ClN2O3S. The summed E-state index contributed by atoms with van der Waals surface area (Å²) in [5, 5.41) is 3.53. The van der Waals surface area contributed by atoms with Crippen LogP contribution in [0.25, 0.3) is 0 Å². The second kappa shape index (κ2) is 10.3. The summed E-state index contributed by atoms with van der Waals surface area (Å²) in [7, 11) is -3.93. The monoisotopic (exact) mass is 448 g/mol. The fourth-order valence-corrected chi connectivity index (χ4v) is 5.49. The van der Waals surface area contributed by atoms with Gasteiger partial charge < -0.3 is 5.32 Å².